The molecule has 1 saturated heterocycles. The van der Waals surface area contributed by atoms with Crippen LogP contribution < -0.4 is 9.64 Å². The Kier molecular flexibility index (Phi) is 4.55. The van der Waals surface area contributed by atoms with E-state index in [1.54, 1.807) is 0 Å². The van der Waals surface area contributed by atoms with E-state index in [0.29, 0.717) is 6.61 Å². The van der Waals surface area contributed by atoms with Crippen LogP contribution in [-0.2, 0) is 6.61 Å². The van der Waals surface area contributed by atoms with Crippen LogP contribution in [0.15, 0.2) is 54.7 Å². The lowest BCUT2D eigenvalue weighted by Gasteiger charge is -2.30. The average molecular weight is 332 g/mol. The molecule has 0 amide bonds. The Balaban J connectivity index is 1.50. The van der Waals surface area contributed by atoms with Crippen LogP contribution in [0.3, 0.4) is 0 Å². The summed E-state index contributed by atoms with van der Waals surface area (Å²) in [5, 5.41) is 2.43. The number of pyridine rings is 1. The van der Waals surface area contributed by atoms with Gasteiger partial charge in [0.05, 0.1) is 5.69 Å². The average Bonchev–Trinajstić information content (AvgIpc) is 2.68. The van der Waals surface area contributed by atoms with Gasteiger partial charge in [0.25, 0.3) is 0 Å². The van der Waals surface area contributed by atoms with Crippen LogP contribution in [0.5, 0.6) is 5.75 Å². The van der Waals surface area contributed by atoms with Crippen molar-refractivity contribution in [2.45, 2.75) is 32.8 Å². The molecule has 3 aromatic rings. The highest BCUT2D eigenvalue weighted by atomic mass is 16.5. The van der Waals surface area contributed by atoms with Crippen molar-refractivity contribution in [2.75, 3.05) is 18.0 Å². The molecular formula is C22H24N2O. The van der Waals surface area contributed by atoms with Crippen molar-refractivity contribution in [3.63, 3.8) is 0 Å². The van der Waals surface area contributed by atoms with E-state index < -0.39 is 0 Å². The number of fused-ring (bicyclic) bond motifs is 1. The molecule has 1 fully saturated rings. The zero-order valence-corrected chi connectivity index (χ0v) is 14.7. The number of aryl methyl sites for hydroxylation is 1. The predicted octanol–water partition coefficient (Wildman–Crippen LogP) is 5.11. The lowest BCUT2D eigenvalue weighted by molar-refractivity contribution is 0.301. The molecule has 3 nitrogen and oxygen atoms in total. The molecule has 1 aliphatic rings. The van der Waals surface area contributed by atoms with Crippen molar-refractivity contribution in [1.82, 2.24) is 4.98 Å². The number of rotatable bonds is 4. The molecule has 0 aliphatic carbocycles. The first-order valence-electron chi connectivity index (χ1n) is 9.12. The van der Waals surface area contributed by atoms with Gasteiger partial charge in [0.15, 0.2) is 0 Å². The quantitative estimate of drug-likeness (QED) is 0.663. The van der Waals surface area contributed by atoms with Crippen molar-refractivity contribution in [3.05, 3.63) is 66.0 Å². The summed E-state index contributed by atoms with van der Waals surface area (Å²) in [5.74, 6) is 0.889. The summed E-state index contributed by atoms with van der Waals surface area (Å²) in [6.07, 6.45) is 5.89. The van der Waals surface area contributed by atoms with Crippen LogP contribution in [0, 0.1) is 6.92 Å². The van der Waals surface area contributed by atoms with E-state index in [-0.39, 0.29) is 0 Å². The fraction of sp³-hybridized carbons (Fsp3) is 0.318. The molecule has 1 aromatic heterocycles. The number of nitrogens with zero attached hydrogens (tertiary/aromatic N) is 2. The number of ether oxygens (including phenoxy) is 1. The van der Waals surface area contributed by atoms with Gasteiger partial charge >= 0.3 is 0 Å². The minimum atomic E-state index is 0.499. The Bertz CT molecular complexity index is 869. The smallest absolute Gasteiger partial charge is 0.130 e. The van der Waals surface area contributed by atoms with Gasteiger partial charge in [0.2, 0.25) is 0 Å². The first-order valence-corrected chi connectivity index (χ1v) is 9.12. The number of hydrogen-bond donors (Lipinski definition) is 0. The van der Waals surface area contributed by atoms with E-state index in [1.807, 2.05) is 12.3 Å². The first kappa shape index (κ1) is 15.9. The van der Waals surface area contributed by atoms with E-state index in [9.17, 15) is 0 Å². The van der Waals surface area contributed by atoms with Gasteiger partial charge in [-0.3, -0.25) is 4.98 Å². The van der Waals surface area contributed by atoms with E-state index >= 15 is 0 Å². The number of piperidine rings is 1. The molecule has 1 aliphatic heterocycles. The fourth-order valence-corrected chi connectivity index (χ4v) is 3.52. The normalized spacial score (nSPS) is 14.7. The maximum atomic E-state index is 6.00. The third-order valence-corrected chi connectivity index (χ3v) is 4.94. The molecule has 3 heteroatoms. The van der Waals surface area contributed by atoms with Gasteiger partial charge in [-0.2, -0.15) is 0 Å². The third-order valence-electron chi connectivity index (χ3n) is 4.94. The first-order chi connectivity index (χ1) is 12.3. The van der Waals surface area contributed by atoms with Gasteiger partial charge in [-0.15, -0.1) is 0 Å². The van der Waals surface area contributed by atoms with Crippen molar-refractivity contribution in [2.24, 2.45) is 0 Å². The monoisotopic (exact) mass is 332 g/mol. The number of aromatic nitrogens is 1. The van der Waals surface area contributed by atoms with Gasteiger partial charge < -0.3 is 9.64 Å². The number of benzene rings is 2. The molecule has 128 valence electrons. The Morgan fingerprint density at radius 1 is 0.960 bits per heavy atom. The Morgan fingerprint density at radius 3 is 2.60 bits per heavy atom. The van der Waals surface area contributed by atoms with Crippen LogP contribution in [0.2, 0.25) is 0 Å². The van der Waals surface area contributed by atoms with Crippen molar-refractivity contribution in [3.8, 4) is 5.75 Å². The zero-order chi connectivity index (χ0) is 17.1. The Hall–Kier alpha value is -2.55. The molecule has 2 heterocycles. The second kappa shape index (κ2) is 7.14. The molecule has 25 heavy (non-hydrogen) atoms. The summed E-state index contributed by atoms with van der Waals surface area (Å²) in [4.78, 5) is 7.05. The van der Waals surface area contributed by atoms with Gasteiger partial charge in [0, 0.05) is 25.0 Å². The molecule has 2 aromatic carbocycles. The molecule has 0 N–H and O–H groups in total. The topological polar surface area (TPSA) is 25.4 Å². The highest BCUT2D eigenvalue weighted by Crippen LogP contribution is 2.25. The van der Waals surface area contributed by atoms with E-state index in [2.05, 4.69) is 59.3 Å². The molecule has 0 spiro atoms. The summed E-state index contributed by atoms with van der Waals surface area (Å²) in [5.41, 5.74) is 3.54. The summed E-state index contributed by atoms with van der Waals surface area (Å²) < 4.78 is 6.00. The minimum Gasteiger partial charge on any atom is -0.487 e. The molecule has 0 atom stereocenters. The lowest BCUT2D eigenvalue weighted by atomic mass is 10.1. The van der Waals surface area contributed by atoms with Gasteiger partial charge in [-0.1, -0.05) is 30.3 Å². The Morgan fingerprint density at radius 2 is 1.76 bits per heavy atom. The largest absolute Gasteiger partial charge is 0.487 e. The van der Waals surface area contributed by atoms with Crippen molar-refractivity contribution in [1.29, 1.82) is 0 Å². The number of hydrogen-bond acceptors (Lipinski definition) is 3. The highest BCUT2D eigenvalue weighted by Gasteiger charge is 2.14. The van der Waals surface area contributed by atoms with Crippen LogP contribution >= 0.6 is 0 Å². The maximum Gasteiger partial charge on any atom is 0.130 e. The maximum absolute atomic E-state index is 6.00. The van der Waals surface area contributed by atoms with Gasteiger partial charge in [-0.25, -0.2) is 0 Å². The minimum absolute atomic E-state index is 0.499. The van der Waals surface area contributed by atoms with Crippen molar-refractivity contribution >= 4 is 16.5 Å². The summed E-state index contributed by atoms with van der Waals surface area (Å²) >= 11 is 0. The lowest BCUT2D eigenvalue weighted by Crippen LogP contribution is -2.30. The van der Waals surface area contributed by atoms with Gasteiger partial charge in [0.1, 0.15) is 12.4 Å². The SMILES string of the molecule is Cc1cnc(COc2ccc3ccccc3c2)cc1N1CCCCC1. The highest BCUT2D eigenvalue weighted by molar-refractivity contribution is 5.83. The molecular weight excluding hydrogens is 308 g/mol. The molecule has 4 rings (SSSR count). The second-order valence-electron chi connectivity index (χ2n) is 6.81. The van der Waals surface area contributed by atoms with Crippen LogP contribution in [0.1, 0.15) is 30.5 Å². The third kappa shape index (κ3) is 3.60. The van der Waals surface area contributed by atoms with Crippen LogP contribution in [0.25, 0.3) is 10.8 Å². The predicted molar refractivity (Wildman–Crippen MR) is 103 cm³/mol. The molecule has 0 radical (unpaired) electrons. The van der Waals surface area contributed by atoms with Crippen molar-refractivity contribution < 1.29 is 4.74 Å². The molecule has 0 saturated carbocycles. The fourth-order valence-electron chi connectivity index (χ4n) is 3.52. The summed E-state index contributed by atoms with van der Waals surface area (Å²) in [7, 11) is 0. The van der Waals surface area contributed by atoms with Crippen LogP contribution in [-0.4, -0.2) is 18.1 Å². The standard InChI is InChI=1S/C22H24N2O/c1-17-15-23-20(14-22(17)24-11-5-2-6-12-24)16-25-21-10-9-18-7-3-4-8-19(18)13-21/h3-4,7-10,13-15H,2,5-6,11-12,16H2,1H3. The van der Waals surface area contributed by atoms with Crippen LogP contribution in [0.4, 0.5) is 5.69 Å². The second-order valence-corrected chi connectivity index (χ2v) is 6.81. The van der Waals surface area contributed by atoms with E-state index in [4.69, 9.17) is 4.74 Å². The Labute approximate surface area is 149 Å². The summed E-state index contributed by atoms with van der Waals surface area (Å²) in [6, 6.07) is 16.8. The number of anilines is 1. The molecule has 0 bridgehead atoms. The molecule has 0 unspecified atom stereocenters. The zero-order valence-electron chi connectivity index (χ0n) is 14.7. The summed E-state index contributed by atoms with van der Waals surface area (Å²) in [6.45, 7) is 4.94. The van der Waals surface area contributed by atoms with E-state index in [1.165, 1.54) is 41.3 Å². The van der Waals surface area contributed by atoms with E-state index in [0.717, 1.165) is 24.5 Å². The van der Waals surface area contributed by atoms with Gasteiger partial charge in [-0.05, 0) is 60.7 Å².